The fourth-order valence-corrected chi connectivity index (χ4v) is 2.56. The fraction of sp³-hybridized carbons (Fsp3) is 0.417. The largest absolute Gasteiger partial charge is 0.379 e. The maximum atomic E-state index is 10.7. The molecule has 0 aliphatic carbocycles. The highest BCUT2D eigenvalue weighted by Gasteiger charge is 1.96. The summed E-state index contributed by atoms with van der Waals surface area (Å²) in [6.45, 7) is 2.28. The molecule has 0 amide bonds. The van der Waals surface area contributed by atoms with Crippen LogP contribution in [0.2, 0.25) is 0 Å². The maximum Gasteiger partial charge on any atom is 0.185 e. The molecule has 0 unspecified atom stereocenters. The minimum atomic E-state index is 0.186. The Labute approximate surface area is 105 Å². The van der Waals surface area contributed by atoms with Crippen LogP contribution in [0, 0.1) is 0 Å². The number of rotatable bonds is 6. The number of ether oxygens (including phenoxy) is 1. The SMILES string of the molecule is COCc1cc(C=CCCSC(C)=O)cs1. The Bertz CT molecular complexity index is 356. The molecule has 0 fully saturated rings. The van der Waals surface area contributed by atoms with Crippen LogP contribution in [0.25, 0.3) is 6.08 Å². The van der Waals surface area contributed by atoms with Crippen LogP contribution in [0.3, 0.4) is 0 Å². The van der Waals surface area contributed by atoms with Gasteiger partial charge in [0.25, 0.3) is 0 Å². The first-order valence-corrected chi connectivity index (χ1v) is 6.95. The lowest BCUT2D eigenvalue weighted by Gasteiger charge is -1.91. The fourth-order valence-electron chi connectivity index (χ4n) is 1.19. The first-order valence-electron chi connectivity index (χ1n) is 5.08. The lowest BCUT2D eigenvalue weighted by Crippen LogP contribution is -1.83. The Morgan fingerprint density at radius 3 is 3.12 bits per heavy atom. The van der Waals surface area contributed by atoms with Gasteiger partial charge in [-0.2, -0.15) is 0 Å². The molecule has 0 aliphatic rings. The highest BCUT2D eigenvalue weighted by atomic mass is 32.2. The van der Waals surface area contributed by atoms with Crippen LogP contribution in [0.5, 0.6) is 0 Å². The Balaban J connectivity index is 2.29. The lowest BCUT2D eigenvalue weighted by molar-refractivity contribution is -0.109. The van der Waals surface area contributed by atoms with Gasteiger partial charge < -0.3 is 4.74 Å². The summed E-state index contributed by atoms with van der Waals surface area (Å²) < 4.78 is 5.06. The smallest absolute Gasteiger partial charge is 0.185 e. The highest BCUT2D eigenvalue weighted by Crippen LogP contribution is 2.17. The van der Waals surface area contributed by atoms with Gasteiger partial charge in [0.2, 0.25) is 0 Å². The highest BCUT2D eigenvalue weighted by molar-refractivity contribution is 8.13. The Hall–Kier alpha value is -0.580. The normalized spacial score (nSPS) is 11.1. The van der Waals surface area contributed by atoms with Gasteiger partial charge in [-0.3, -0.25) is 4.79 Å². The molecule has 1 aromatic rings. The molecule has 16 heavy (non-hydrogen) atoms. The third kappa shape index (κ3) is 5.49. The van der Waals surface area contributed by atoms with E-state index in [9.17, 15) is 4.79 Å². The first kappa shape index (κ1) is 13.5. The van der Waals surface area contributed by atoms with Crippen LogP contribution in [0.1, 0.15) is 23.8 Å². The zero-order valence-corrected chi connectivity index (χ0v) is 11.2. The third-order valence-corrected chi connectivity index (χ3v) is 3.64. The Morgan fingerprint density at radius 2 is 2.44 bits per heavy atom. The van der Waals surface area contributed by atoms with Crippen molar-refractivity contribution in [2.45, 2.75) is 20.0 Å². The number of hydrogen-bond acceptors (Lipinski definition) is 4. The first-order chi connectivity index (χ1) is 7.72. The summed E-state index contributed by atoms with van der Waals surface area (Å²) in [6, 6.07) is 2.13. The van der Waals surface area contributed by atoms with Gasteiger partial charge in [-0.25, -0.2) is 0 Å². The van der Waals surface area contributed by atoms with E-state index >= 15 is 0 Å². The van der Waals surface area contributed by atoms with Gasteiger partial charge in [0.15, 0.2) is 5.12 Å². The van der Waals surface area contributed by atoms with Crippen molar-refractivity contribution in [3.8, 4) is 0 Å². The number of hydrogen-bond donors (Lipinski definition) is 0. The van der Waals surface area contributed by atoms with E-state index in [4.69, 9.17) is 4.74 Å². The molecule has 1 heterocycles. The quantitative estimate of drug-likeness (QED) is 0.728. The second-order valence-corrected chi connectivity index (χ2v) is 5.58. The molecule has 0 bridgehead atoms. The summed E-state index contributed by atoms with van der Waals surface area (Å²) in [7, 11) is 1.70. The summed E-state index contributed by atoms with van der Waals surface area (Å²) in [5.41, 5.74) is 1.21. The van der Waals surface area contributed by atoms with Gasteiger partial charge in [-0.15, -0.1) is 11.3 Å². The molecule has 0 spiro atoms. The van der Waals surface area contributed by atoms with E-state index in [2.05, 4.69) is 23.6 Å². The van der Waals surface area contributed by atoms with Crippen molar-refractivity contribution in [2.75, 3.05) is 12.9 Å². The summed E-state index contributed by atoms with van der Waals surface area (Å²) in [6.07, 6.45) is 5.13. The summed E-state index contributed by atoms with van der Waals surface area (Å²) in [4.78, 5) is 11.9. The van der Waals surface area contributed by atoms with E-state index in [-0.39, 0.29) is 5.12 Å². The van der Waals surface area contributed by atoms with Gasteiger partial charge >= 0.3 is 0 Å². The predicted molar refractivity (Wildman–Crippen MR) is 71.8 cm³/mol. The molecule has 1 rings (SSSR count). The molecular weight excluding hydrogens is 240 g/mol. The van der Waals surface area contributed by atoms with Crippen LogP contribution >= 0.6 is 23.1 Å². The molecular formula is C12H16O2S2. The molecule has 0 saturated carbocycles. The van der Waals surface area contributed by atoms with Crippen LogP contribution in [-0.4, -0.2) is 18.0 Å². The minimum absolute atomic E-state index is 0.186. The van der Waals surface area contributed by atoms with Crippen LogP contribution in [0.4, 0.5) is 0 Å². The van der Waals surface area contributed by atoms with E-state index < -0.39 is 0 Å². The van der Waals surface area contributed by atoms with Crippen molar-refractivity contribution < 1.29 is 9.53 Å². The number of carbonyl (C=O) groups excluding carboxylic acids is 1. The van der Waals surface area contributed by atoms with Crippen LogP contribution in [0.15, 0.2) is 17.5 Å². The second kappa shape index (κ2) is 7.65. The summed E-state index contributed by atoms with van der Waals surface area (Å²) in [5.74, 6) is 0.862. The molecule has 0 N–H and O–H groups in total. The van der Waals surface area contributed by atoms with Crippen LogP contribution < -0.4 is 0 Å². The maximum absolute atomic E-state index is 10.7. The average Bonchev–Trinajstić information content (AvgIpc) is 2.65. The lowest BCUT2D eigenvalue weighted by atomic mass is 10.2. The molecule has 0 aromatic carbocycles. The zero-order valence-electron chi connectivity index (χ0n) is 9.56. The number of allylic oxidation sites excluding steroid dienone is 1. The van der Waals surface area contributed by atoms with Gasteiger partial charge in [-0.05, 0) is 23.4 Å². The zero-order chi connectivity index (χ0) is 11.8. The van der Waals surface area contributed by atoms with Gasteiger partial charge in [0.1, 0.15) is 0 Å². The molecule has 88 valence electrons. The predicted octanol–water partition coefficient (Wildman–Crippen LogP) is 3.58. The molecule has 0 radical (unpaired) electrons. The molecule has 0 atom stereocenters. The van der Waals surface area contributed by atoms with Crippen molar-refractivity contribution in [3.05, 3.63) is 28.0 Å². The monoisotopic (exact) mass is 256 g/mol. The van der Waals surface area contributed by atoms with Crippen LogP contribution in [-0.2, 0) is 16.1 Å². The van der Waals surface area contributed by atoms with Crippen molar-refractivity contribution in [1.29, 1.82) is 0 Å². The van der Waals surface area contributed by atoms with E-state index in [1.807, 2.05) is 0 Å². The van der Waals surface area contributed by atoms with Gasteiger partial charge in [0.05, 0.1) is 6.61 Å². The number of carbonyl (C=O) groups is 1. The summed E-state index contributed by atoms with van der Waals surface area (Å²) in [5, 5.41) is 2.30. The third-order valence-electron chi connectivity index (χ3n) is 1.86. The number of methoxy groups -OCH3 is 1. The number of thiophene rings is 1. The molecule has 1 aromatic heterocycles. The van der Waals surface area contributed by atoms with Gasteiger partial charge in [-0.1, -0.05) is 23.9 Å². The van der Waals surface area contributed by atoms with Gasteiger partial charge in [0, 0.05) is 24.7 Å². The molecule has 0 aliphatic heterocycles. The van der Waals surface area contributed by atoms with Crippen molar-refractivity contribution in [2.24, 2.45) is 0 Å². The standard InChI is InChI=1S/C12H16O2S2/c1-10(13)15-6-4-3-5-11-7-12(8-14-2)16-9-11/h3,5,7,9H,4,6,8H2,1-2H3. The van der Waals surface area contributed by atoms with Crippen molar-refractivity contribution in [3.63, 3.8) is 0 Å². The summed E-state index contributed by atoms with van der Waals surface area (Å²) >= 11 is 3.08. The average molecular weight is 256 g/mol. The van der Waals surface area contributed by atoms with E-state index in [0.717, 1.165) is 12.2 Å². The Morgan fingerprint density at radius 1 is 1.62 bits per heavy atom. The van der Waals surface area contributed by atoms with E-state index in [1.165, 1.54) is 22.2 Å². The Kier molecular flexibility index (Phi) is 6.45. The van der Waals surface area contributed by atoms with Crippen molar-refractivity contribution in [1.82, 2.24) is 0 Å². The molecule has 2 nitrogen and oxygen atoms in total. The van der Waals surface area contributed by atoms with E-state index in [1.54, 1.807) is 25.4 Å². The minimum Gasteiger partial charge on any atom is -0.379 e. The second-order valence-electron chi connectivity index (χ2n) is 3.31. The number of thioether (sulfide) groups is 1. The van der Waals surface area contributed by atoms with Crippen molar-refractivity contribution >= 4 is 34.3 Å². The molecule has 4 heteroatoms. The topological polar surface area (TPSA) is 26.3 Å². The van der Waals surface area contributed by atoms with E-state index in [0.29, 0.717) is 6.61 Å². The molecule has 0 saturated heterocycles.